The van der Waals surface area contributed by atoms with E-state index in [1.165, 1.54) is 13.0 Å². The molecular formula is C22H25NO6. The Morgan fingerprint density at radius 3 is 2.45 bits per heavy atom. The molecule has 0 spiro atoms. The Kier molecular flexibility index (Phi) is 7.91. The average molecular weight is 399 g/mol. The Morgan fingerprint density at radius 2 is 1.86 bits per heavy atom. The fraction of sp³-hybridized carbons (Fsp3) is 0.318. The van der Waals surface area contributed by atoms with Gasteiger partial charge in [-0.15, -0.1) is 0 Å². The van der Waals surface area contributed by atoms with E-state index in [1.807, 2.05) is 37.3 Å². The monoisotopic (exact) mass is 399 g/mol. The molecule has 7 nitrogen and oxygen atoms in total. The zero-order chi connectivity index (χ0) is 21.3. The van der Waals surface area contributed by atoms with E-state index in [9.17, 15) is 14.4 Å². The van der Waals surface area contributed by atoms with E-state index in [0.29, 0.717) is 13.0 Å². The van der Waals surface area contributed by atoms with Crippen LogP contribution in [0, 0.1) is 0 Å². The molecule has 0 bridgehead atoms. The Labute approximate surface area is 169 Å². The van der Waals surface area contributed by atoms with Gasteiger partial charge < -0.3 is 19.9 Å². The highest BCUT2D eigenvalue weighted by Gasteiger charge is 2.48. The molecule has 2 N–H and O–H groups in total. The van der Waals surface area contributed by atoms with E-state index >= 15 is 0 Å². The predicted molar refractivity (Wildman–Crippen MR) is 107 cm³/mol. The van der Waals surface area contributed by atoms with Crippen LogP contribution in [0.5, 0.6) is 0 Å². The van der Waals surface area contributed by atoms with Gasteiger partial charge in [-0.2, -0.15) is 0 Å². The summed E-state index contributed by atoms with van der Waals surface area (Å²) in [6.45, 7) is 3.62. The second-order valence-corrected chi connectivity index (χ2v) is 6.87. The molecule has 1 aliphatic heterocycles. The van der Waals surface area contributed by atoms with E-state index in [-0.39, 0.29) is 5.91 Å². The number of aliphatic carboxylic acids is 1. The third-order valence-corrected chi connectivity index (χ3v) is 4.25. The van der Waals surface area contributed by atoms with Crippen LogP contribution >= 0.6 is 0 Å². The van der Waals surface area contributed by atoms with Crippen molar-refractivity contribution in [3.05, 3.63) is 72.4 Å². The van der Waals surface area contributed by atoms with Gasteiger partial charge in [0, 0.05) is 19.4 Å². The number of ether oxygens (including phenoxy) is 2. The Balaban J connectivity index is 2.06. The molecule has 0 aromatic heterocycles. The predicted octanol–water partition coefficient (Wildman–Crippen LogP) is 2.19. The second-order valence-electron chi connectivity index (χ2n) is 6.87. The van der Waals surface area contributed by atoms with E-state index in [0.717, 1.165) is 11.6 Å². The highest BCUT2D eigenvalue weighted by molar-refractivity contribution is 5.83. The van der Waals surface area contributed by atoms with Crippen LogP contribution in [-0.4, -0.2) is 47.3 Å². The number of carbonyl (C=O) groups excluding carboxylic acids is 2. The summed E-state index contributed by atoms with van der Waals surface area (Å²) >= 11 is 0. The van der Waals surface area contributed by atoms with Crippen LogP contribution in [0.2, 0.25) is 0 Å². The first-order valence-corrected chi connectivity index (χ1v) is 9.20. The molecule has 1 fully saturated rings. The number of epoxide rings is 1. The normalized spacial score (nSPS) is 20.6. The molecule has 1 aliphatic rings. The molecule has 29 heavy (non-hydrogen) atoms. The van der Waals surface area contributed by atoms with Gasteiger partial charge in [0.15, 0.2) is 6.10 Å². The molecule has 0 radical (unpaired) electrons. The average Bonchev–Trinajstić information content (AvgIpc) is 3.41. The maximum absolute atomic E-state index is 12.8. The minimum absolute atomic E-state index is 0.313. The van der Waals surface area contributed by atoms with Crippen LogP contribution in [-0.2, 0) is 30.3 Å². The fourth-order valence-corrected chi connectivity index (χ4v) is 2.57. The van der Waals surface area contributed by atoms with Gasteiger partial charge in [-0.1, -0.05) is 54.6 Å². The van der Waals surface area contributed by atoms with E-state index in [1.54, 1.807) is 24.3 Å². The lowest BCUT2D eigenvalue weighted by molar-refractivity contribution is -0.153. The number of hydrogen-bond donors (Lipinski definition) is 2. The lowest BCUT2D eigenvalue weighted by atomic mass is 10.0. The van der Waals surface area contributed by atoms with Gasteiger partial charge in [0.25, 0.3) is 0 Å². The topological polar surface area (TPSA) is 105 Å². The van der Waals surface area contributed by atoms with Gasteiger partial charge in [0.1, 0.15) is 11.6 Å². The fourth-order valence-electron chi connectivity index (χ4n) is 2.57. The largest absolute Gasteiger partial charge is 0.478 e. The number of esters is 1. The van der Waals surface area contributed by atoms with Gasteiger partial charge in [-0.25, -0.2) is 9.59 Å². The highest BCUT2D eigenvalue weighted by Crippen LogP contribution is 2.33. The van der Waals surface area contributed by atoms with Crippen molar-refractivity contribution in [2.45, 2.75) is 38.0 Å². The zero-order valence-corrected chi connectivity index (χ0v) is 16.4. The Hall–Kier alpha value is -3.19. The summed E-state index contributed by atoms with van der Waals surface area (Å²) in [6.07, 6.45) is 8.56. The molecular weight excluding hydrogens is 374 g/mol. The third-order valence-electron chi connectivity index (χ3n) is 4.25. The molecule has 0 saturated carbocycles. The zero-order valence-electron chi connectivity index (χ0n) is 16.4. The summed E-state index contributed by atoms with van der Waals surface area (Å²) in [6, 6.07) is 8.53. The number of carboxylic acids is 1. The number of amides is 1. The molecule has 154 valence electrons. The molecule has 1 saturated heterocycles. The summed E-state index contributed by atoms with van der Waals surface area (Å²) in [5, 5.41) is 11.2. The smallest absolute Gasteiger partial charge is 0.329 e. The number of allylic oxidation sites excluding steroid dienone is 4. The molecule has 7 heteroatoms. The summed E-state index contributed by atoms with van der Waals surface area (Å²) in [7, 11) is 0. The third kappa shape index (κ3) is 7.75. The van der Waals surface area contributed by atoms with Crippen LogP contribution < -0.4 is 5.32 Å². The number of nitrogens with one attached hydrogen (secondary N) is 1. The highest BCUT2D eigenvalue weighted by atomic mass is 16.6. The van der Waals surface area contributed by atoms with Crippen LogP contribution in [0.4, 0.5) is 0 Å². The molecule has 1 aromatic carbocycles. The quantitative estimate of drug-likeness (QED) is 0.270. The van der Waals surface area contributed by atoms with Crippen molar-refractivity contribution >= 4 is 17.8 Å². The molecule has 0 aliphatic carbocycles. The van der Waals surface area contributed by atoms with Crippen molar-refractivity contribution in [1.82, 2.24) is 5.32 Å². The van der Waals surface area contributed by atoms with Crippen molar-refractivity contribution < 1.29 is 29.0 Å². The molecule has 3 atom stereocenters. The van der Waals surface area contributed by atoms with Gasteiger partial charge >= 0.3 is 11.9 Å². The van der Waals surface area contributed by atoms with Crippen molar-refractivity contribution in [2.75, 3.05) is 6.61 Å². The van der Waals surface area contributed by atoms with Crippen LogP contribution in [0.3, 0.4) is 0 Å². The molecule has 0 unspecified atom stereocenters. The number of carboxylic acid groups (broad SMARTS) is 1. The first-order valence-electron chi connectivity index (χ1n) is 9.20. The van der Waals surface area contributed by atoms with Crippen molar-refractivity contribution in [3.63, 3.8) is 0 Å². The standard InChI is InChI=1S/C22H25NO6/c1-16(24)23-18(14-17-10-6-5-7-11-17)21(27)29-19(22(2)15-28-22)12-8-3-4-9-13-20(25)26/h3-13,18-19H,14-15H2,1-2H3,(H,23,24)(H,25,26)/b4-3+,12-8+,13-9-/t18-,19+,22-/m0/s1. The lowest BCUT2D eigenvalue weighted by Gasteiger charge is -2.22. The summed E-state index contributed by atoms with van der Waals surface area (Å²) < 4.78 is 11.1. The first-order chi connectivity index (χ1) is 13.8. The van der Waals surface area contributed by atoms with Crippen LogP contribution in [0.25, 0.3) is 0 Å². The molecule has 2 rings (SSSR count). The minimum atomic E-state index is -1.04. The van der Waals surface area contributed by atoms with Crippen molar-refractivity contribution in [2.24, 2.45) is 0 Å². The van der Waals surface area contributed by atoms with Crippen LogP contribution in [0.15, 0.2) is 66.8 Å². The van der Waals surface area contributed by atoms with Gasteiger partial charge in [0.05, 0.1) is 6.61 Å². The molecule has 1 amide bonds. The SMILES string of the molecule is CC(=O)N[C@@H](Cc1ccccc1)C(=O)O[C@H](/C=C/C=C/C=C\C(=O)O)[C@]1(C)CO1. The second kappa shape index (κ2) is 10.4. The van der Waals surface area contributed by atoms with Gasteiger partial charge in [0.2, 0.25) is 5.91 Å². The van der Waals surface area contributed by atoms with E-state index in [4.69, 9.17) is 14.6 Å². The Bertz CT molecular complexity index is 808. The minimum Gasteiger partial charge on any atom is -0.478 e. The summed E-state index contributed by atoms with van der Waals surface area (Å²) in [4.78, 5) is 34.7. The van der Waals surface area contributed by atoms with Crippen molar-refractivity contribution in [1.29, 1.82) is 0 Å². The summed E-state index contributed by atoms with van der Waals surface area (Å²) in [5.74, 6) is -1.91. The number of carbonyl (C=O) groups is 3. The van der Waals surface area contributed by atoms with Crippen molar-refractivity contribution in [3.8, 4) is 0 Å². The Morgan fingerprint density at radius 1 is 1.21 bits per heavy atom. The first kappa shape index (κ1) is 22.1. The maximum atomic E-state index is 12.8. The molecule has 1 aromatic rings. The maximum Gasteiger partial charge on any atom is 0.329 e. The van der Waals surface area contributed by atoms with Gasteiger partial charge in [-0.3, -0.25) is 4.79 Å². The van der Waals surface area contributed by atoms with Crippen LogP contribution in [0.1, 0.15) is 19.4 Å². The molecule has 1 heterocycles. The number of rotatable bonds is 10. The van der Waals surface area contributed by atoms with Gasteiger partial charge in [-0.05, 0) is 18.6 Å². The number of benzene rings is 1. The number of hydrogen-bond acceptors (Lipinski definition) is 5. The van der Waals surface area contributed by atoms with E-state index in [2.05, 4.69) is 5.32 Å². The van der Waals surface area contributed by atoms with E-state index < -0.39 is 29.7 Å². The summed E-state index contributed by atoms with van der Waals surface area (Å²) in [5.41, 5.74) is 0.280. The lowest BCUT2D eigenvalue weighted by Crippen LogP contribution is -2.45.